The van der Waals surface area contributed by atoms with Gasteiger partial charge in [-0.25, -0.2) is 5.43 Å². The monoisotopic (exact) mass is 470 g/mol. The van der Waals surface area contributed by atoms with Gasteiger partial charge < -0.3 is 4.18 Å². The highest BCUT2D eigenvalue weighted by atomic mass is 32.2. The van der Waals surface area contributed by atoms with Crippen LogP contribution in [0.15, 0.2) is 82.8 Å². The first-order valence-corrected chi connectivity index (χ1v) is 10.4. The molecule has 168 valence electrons. The van der Waals surface area contributed by atoms with E-state index in [1.807, 2.05) is 0 Å². The lowest BCUT2D eigenvalue weighted by molar-refractivity contribution is -0.385. The van der Waals surface area contributed by atoms with Crippen molar-refractivity contribution in [3.63, 3.8) is 0 Å². The topological polar surface area (TPSA) is 171 Å². The molecule has 33 heavy (non-hydrogen) atoms. The number of para-hydroxylation sites is 1. The molecule has 0 saturated carbocycles. The average Bonchev–Trinajstić information content (AvgIpc) is 2.80. The fourth-order valence-electron chi connectivity index (χ4n) is 2.57. The van der Waals surface area contributed by atoms with E-state index in [2.05, 4.69) is 10.5 Å². The normalized spacial score (nSPS) is 11.2. The number of nitrogens with one attached hydrogen (secondary N) is 1. The molecule has 0 radical (unpaired) electrons. The minimum atomic E-state index is -4.41. The summed E-state index contributed by atoms with van der Waals surface area (Å²) in [5.41, 5.74) is 1.67. The summed E-state index contributed by atoms with van der Waals surface area (Å²) < 4.78 is 30.2. The third-order valence-corrected chi connectivity index (χ3v) is 5.35. The number of carbonyl (C=O) groups excluding carboxylic acids is 1. The summed E-state index contributed by atoms with van der Waals surface area (Å²) >= 11 is 0. The standard InChI is InChI=1S/C20H14N4O8S/c25-20(14-6-3-7-16(11-14)23(26)27)22-21-13-15-5-1-2-10-19(15)32-33(30,31)18-9-4-8-17(12-18)24(28)29/h1-13H,(H,22,25)/b21-13-. The molecule has 0 spiro atoms. The van der Waals surface area contributed by atoms with E-state index in [0.717, 1.165) is 30.5 Å². The fraction of sp³-hybridized carbons (Fsp3) is 0. The third-order valence-electron chi connectivity index (χ3n) is 4.12. The minimum absolute atomic E-state index is 0.000801. The van der Waals surface area contributed by atoms with Crippen LogP contribution >= 0.6 is 0 Å². The highest BCUT2D eigenvalue weighted by Crippen LogP contribution is 2.24. The molecule has 3 aromatic carbocycles. The lowest BCUT2D eigenvalue weighted by Crippen LogP contribution is -2.18. The van der Waals surface area contributed by atoms with Crippen molar-refractivity contribution in [2.24, 2.45) is 5.10 Å². The number of non-ortho nitro benzene ring substituents is 2. The molecule has 0 atom stereocenters. The molecule has 0 heterocycles. The first-order chi connectivity index (χ1) is 15.7. The summed E-state index contributed by atoms with van der Waals surface area (Å²) in [5.74, 6) is -0.866. The smallest absolute Gasteiger partial charge is 0.339 e. The molecule has 1 N–H and O–H groups in total. The zero-order valence-corrected chi connectivity index (χ0v) is 17.3. The number of nitro groups is 2. The Morgan fingerprint density at radius 1 is 0.909 bits per heavy atom. The number of amides is 1. The number of nitrogens with zero attached hydrogens (tertiary/aromatic N) is 3. The van der Waals surface area contributed by atoms with Crippen molar-refractivity contribution < 1.29 is 27.2 Å². The molecule has 1 amide bonds. The second kappa shape index (κ2) is 9.65. The largest absolute Gasteiger partial charge is 0.378 e. The Morgan fingerprint density at radius 2 is 1.55 bits per heavy atom. The van der Waals surface area contributed by atoms with E-state index in [9.17, 15) is 33.4 Å². The van der Waals surface area contributed by atoms with Crippen molar-refractivity contribution in [1.29, 1.82) is 0 Å². The van der Waals surface area contributed by atoms with Crippen molar-refractivity contribution in [2.45, 2.75) is 4.90 Å². The fourth-order valence-corrected chi connectivity index (χ4v) is 3.56. The molecule has 0 aliphatic rings. The van der Waals surface area contributed by atoms with Gasteiger partial charge in [-0.15, -0.1) is 0 Å². The minimum Gasteiger partial charge on any atom is -0.378 e. The summed E-state index contributed by atoms with van der Waals surface area (Å²) in [7, 11) is -4.41. The molecule has 0 aliphatic carbocycles. The number of hydrazone groups is 1. The zero-order valence-electron chi connectivity index (χ0n) is 16.5. The molecule has 3 rings (SSSR count). The van der Waals surface area contributed by atoms with Gasteiger partial charge in [0.15, 0.2) is 5.75 Å². The third kappa shape index (κ3) is 5.74. The van der Waals surface area contributed by atoms with Crippen LogP contribution in [0.4, 0.5) is 11.4 Å². The molecular weight excluding hydrogens is 456 g/mol. The van der Waals surface area contributed by atoms with Crippen LogP contribution in [-0.2, 0) is 10.1 Å². The van der Waals surface area contributed by atoms with Crippen molar-refractivity contribution >= 4 is 33.6 Å². The second-order valence-electron chi connectivity index (χ2n) is 6.34. The Labute approximate surface area is 186 Å². The van der Waals surface area contributed by atoms with Crippen LogP contribution < -0.4 is 9.61 Å². The second-order valence-corrected chi connectivity index (χ2v) is 7.88. The van der Waals surface area contributed by atoms with Crippen LogP contribution in [-0.4, -0.2) is 30.4 Å². The maximum Gasteiger partial charge on any atom is 0.339 e. The number of benzene rings is 3. The molecule has 12 nitrogen and oxygen atoms in total. The number of hydrogen-bond donors (Lipinski definition) is 1. The van der Waals surface area contributed by atoms with Gasteiger partial charge in [-0.2, -0.15) is 13.5 Å². The summed E-state index contributed by atoms with van der Waals surface area (Å²) in [6.07, 6.45) is 1.12. The van der Waals surface area contributed by atoms with Gasteiger partial charge in [0, 0.05) is 35.4 Å². The molecule has 3 aromatic rings. The molecular formula is C20H14N4O8S. The van der Waals surface area contributed by atoms with Crippen LogP contribution in [0, 0.1) is 20.2 Å². The Balaban J connectivity index is 1.78. The predicted molar refractivity (Wildman–Crippen MR) is 116 cm³/mol. The van der Waals surface area contributed by atoms with Crippen molar-refractivity contribution in [1.82, 2.24) is 5.43 Å². The van der Waals surface area contributed by atoms with Crippen molar-refractivity contribution in [2.75, 3.05) is 0 Å². The number of rotatable bonds is 8. The van der Waals surface area contributed by atoms with Crippen LogP contribution in [0.25, 0.3) is 0 Å². The summed E-state index contributed by atoms with van der Waals surface area (Å²) in [4.78, 5) is 32.1. The maximum absolute atomic E-state index is 12.6. The van der Waals surface area contributed by atoms with Gasteiger partial charge in [0.2, 0.25) is 0 Å². The van der Waals surface area contributed by atoms with Crippen LogP contribution in [0.1, 0.15) is 15.9 Å². The van der Waals surface area contributed by atoms with E-state index >= 15 is 0 Å². The maximum atomic E-state index is 12.6. The summed E-state index contributed by atoms with van der Waals surface area (Å²) in [6, 6.07) is 15.2. The molecule has 0 saturated heterocycles. The lowest BCUT2D eigenvalue weighted by Gasteiger charge is -2.09. The Hall–Kier alpha value is -4.65. The quantitative estimate of drug-likeness (QED) is 0.226. The predicted octanol–water partition coefficient (Wildman–Crippen LogP) is 3.03. The first kappa shape index (κ1) is 23.0. The molecule has 0 fully saturated rings. The molecule has 0 unspecified atom stereocenters. The highest BCUT2D eigenvalue weighted by Gasteiger charge is 2.21. The van der Waals surface area contributed by atoms with Crippen LogP contribution in [0.2, 0.25) is 0 Å². The molecule has 0 aliphatic heterocycles. The van der Waals surface area contributed by atoms with Gasteiger partial charge >= 0.3 is 10.1 Å². The Morgan fingerprint density at radius 3 is 2.24 bits per heavy atom. The number of hydrogen-bond acceptors (Lipinski definition) is 9. The zero-order chi connectivity index (χ0) is 24.0. The Bertz CT molecular complexity index is 1370. The Kier molecular flexibility index (Phi) is 6.74. The van der Waals surface area contributed by atoms with Gasteiger partial charge in [0.1, 0.15) is 4.90 Å². The van der Waals surface area contributed by atoms with Gasteiger partial charge in [-0.1, -0.05) is 24.3 Å². The molecule has 0 bridgehead atoms. The highest BCUT2D eigenvalue weighted by molar-refractivity contribution is 7.87. The van der Waals surface area contributed by atoms with E-state index in [1.165, 1.54) is 42.5 Å². The first-order valence-electron chi connectivity index (χ1n) is 9.03. The molecule has 13 heteroatoms. The summed E-state index contributed by atoms with van der Waals surface area (Å²) in [5, 5.41) is 25.5. The number of carbonyl (C=O) groups is 1. The van der Waals surface area contributed by atoms with Gasteiger partial charge in [0.25, 0.3) is 17.3 Å². The lowest BCUT2D eigenvalue weighted by atomic mass is 10.2. The average molecular weight is 470 g/mol. The van der Waals surface area contributed by atoms with Crippen LogP contribution in [0.3, 0.4) is 0 Å². The van der Waals surface area contributed by atoms with Gasteiger partial charge in [0.05, 0.1) is 16.1 Å². The van der Waals surface area contributed by atoms with E-state index in [4.69, 9.17) is 4.18 Å². The SMILES string of the molecule is O=C(N/N=C\c1ccccc1OS(=O)(=O)c1cccc([N+](=O)[O-])c1)c1cccc([N+](=O)[O-])c1. The summed E-state index contributed by atoms with van der Waals surface area (Å²) in [6.45, 7) is 0. The van der Waals surface area contributed by atoms with E-state index < -0.39 is 36.5 Å². The van der Waals surface area contributed by atoms with E-state index in [1.54, 1.807) is 6.07 Å². The van der Waals surface area contributed by atoms with E-state index in [0.29, 0.717) is 0 Å². The van der Waals surface area contributed by atoms with E-state index in [-0.39, 0.29) is 22.6 Å². The van der Waals surface area contributed by atoms with Crippen LogP contribution in [0.5, 0.6) is 5.75 Å². The van der Waals surface area contributed by atoms with Gasteiger partial charge in [-0.3, -0.25) is 25.0 Å². The van der Waals surface area contributed by atoms with Gasteiger partial charge in [-0.05, 0) is 24.3 Å². The molecule has 0 aromatic heterocycles. The van der Waals surface area contributed by atoms with Crippen molar-refractivity contribution in [3.8, 4) is 5.75 Å². The number of nitro benzene ring substituents is 2. The van der Waals surface area contributed by atoms with Crippen molar-refractivity contribution in [3.05, 3.63) is 104 Å².